The van der Waals surface area contributed by atoms with Gasteiger partial charge >= 0.3 is 5.97 Å². The molecule has 5 nitrogen and oxygen atoms in total. The summed E-state index contributed by atoms with van der Waals surface area (Å²) in [5.74, 6) is -0.240. The van der Waals surface area contributed by atoms with Crippen LogP contribution in [0, 0.1) is 6.92 Å². The van der Waals surface area contributed by atoms with Gasteiger partial charge in [-0.25, -0.2) is 0 Å². The van der Waals surface area contributed by atoms with E-state index in [1.54, 1.807) is 24.3 Å². The number of nitrogens with one attached hydrogen (secondary N) is 1. The number of carboxylic acid groups (broad SMARTS) is 1. The van der Waals surface area contributed by atoms with Gasteiger partial charge in [0, 0.05) is 0 Å². The molecule has 0 atom stereocenters. The first-order chi connectivity index (χ1) is 15.0. The lowest BCUT2D eigenvalue weighted by Crippen LogP contribution is -2.17. The topological polar surface area (TPSA) is 67.8 Å². The van der Waals surface area contributed by atoms with Crippen molar-refractivity contribution in [1.29, 1.82) is 0 Å². The van der Waals surface area contributed by atoms with E-state index in [1.165, 1.54) is 16.7 Å². The zero-order chi connectivity index (χ0) is 22.1. The fraction of sp³-hybridized carbons (Fsp3) is 0.192. The molecule has 0 amide bonds. The summed E-state index contributed by atoms with van der Waals surface area (Å²) in [4.78, 5) is 16.4. The van der Waals surface area contributed by atoms with Crippen LogP contribution in [-0.4, -0.2) is 24.3 Å². The van der Waals surface area contributed by atoms with Crippen molar-refractivity contribution in [2.75, 3.05) is 13.2 Å². The van der Waals surface area contributed by atoms with Crippen LogP contribution in [0.5, 0.6) is 5.75 Å². The largest absolute Gasteiger partial charge is 0.491 e. The number of hydroxylamine groups is 1. The summed E-state index contributed by atoms with van der Waals surface area (Å²) in [6.45, 7) is 4.72. The summed E-state index contributed by atoms with van der Waals surface area (Å²) in [7, 11) is 0. The van der Waals surface area contributed by atoms with Crippen molar-refractivity contribution in [3.8, 4) is 16.9 Å². The Kier molecular flexibility index (Phi) is 7.85. The van der Waals surface area contributed by atoms with Gasteiger partial charge in [0.25, 0.3) is 0 Å². The second kappa shape index (κ2) is 11.0. The summed E-state index contributed by atoms with van der Waals surface area (Å²) in [5.41, 5.74) is 9.19. The number of hydrogen-bond donors (Lipinski definition) is 2. The third-order valence-electron chi connectivity index (χ3n) is 4.73. The van der Waals surface area contributed by atoms with Crippen LogP contribution in [0.15, 0.2) is 78.9 Å². The van der Waals surface area contributed by atoms with Gasteiger partial charge < -0.3 is 9.84 Å². The number of benzene rings is 3. The monoisotopic (exact) mass is 417 g/mol. The van der Waals surface area contributed by atoms with Crippen molar-refractivity contribution >= 4 is 11.7 Å². The molecule has 5 heteroatoms. The highest BCUT2D eigenvalue weighted by molar-refractivity contribution is 5.70. The molecule has 0 fully saturated rings. The number of aryl methyl sites for hydroxylation is 1. The van der Waals surface area contributed by atoms with Crippen molar-refractivity contribution in [2.45, 2.75) is 20.3 Å². The molecule has 0 heterocycles. The standard InChI is InChI=1S/C26H27NO4/c1-3-25(22-12-10-21(11-13-22)23-8-4-6-19(2)16-23)27-31-15-14-30-24-9-5-7-20(17-24)18-26(28)29/h3-13,16-17,27H,14-15,18H2,1-2H3,(H,28,29). The van der Waals surface area contributed by atoms with Gasteiger partial charge in [-0.15, -0.1) is 0 Å². The predicted octanol–water partition coefficient (Wildman–Crippen LogP) is 5.25. The molecule has 0 saturated carbocycles. The van der Waals surface area contributed by atoms with Crippen molar-refractivity contribution < 1.29 is 19.5 Å². The minimum absolute atomic E-state index is 0.0252. The van der Waals surface area contributed by atoms with Crippen molar-refractivity contribution in [2.24, 2.45) is 0 Å². The maximum atomic E-state index is 10.8. The Hall–Kier alpha value is -3.57. The third-order valence-corrected chi connectivity index (χ3v) is 4.73. The number of allylic oxidation sites excluding steroid dienone is 1. The highest BCUT2D eigenvalue weighted by Gasteiger charge is 2.04. The number of hydrogen-bond acceptors (Lipinski definition) is 4. The maximum Gasteiger partial charge on any atom is 0.307 e. The molecule has 3 rings (SSSR count). The van der Waals surface area contributed by atoms with Gasteiger partial charge in [-0.05, 0) is 48.2 Å². The van der Waals surface area contributed by atoms with E-state index in [2.05, 4.69) is 60.9 Å². The van der Waals surface area contributed by atoms with Crippen LogP contribution in [0.3, 0.4) is 0 Å². The molecule has 2 N–H and O–H groups in total. The van der Waals surface area contributed by atoms with Crippen LogP contribution in [0.25, 0.3) is 16.8 Å². The fourth-order valence-electron chi connectivity index (χ4n) is 3.20. The van der Waals surface area contributed by atoms with Gasteiger partial charge in [-0.2, -0.15) is 0 Å². The molecule has 160 valence electrons. The van der Waals surface area contributed by atoms with E-state index in [0.29, 0.717) is 24.5 Å². The average Bonchev–Trinajstić information content (AvgIpc) is 2.76. The smallest absolute Gasteiger partial charge is 0.307 e. The minimum atomic E-state index is -0.865. The van der Waals surface area contributed by atoms with Gasteiger partial charge in [0.2, 0.25) is 0 Å². The van der Waals surface area contributed by atoms with Crippen molar-refractivity contribution in [1.82, 2.24) is 5.48 Å². The minimum Gasteiger partial charge on any atom is -0.491 e. The Balaban J connectivity index is 1.48. The number of rotatable bonds is 10. The normalized spacial score (nSPS) is 11.2. The van der Waals surface area contributed by atoms with Crippen molar-refractivity contribution in [3.63, 3.8) is 0 Å². The predicted molar refractivity (Wildman–Crippen MR) is 123 cm³/mol. The Labute approximate surface area is 182 Å². The van der Waals surface area contributed by atoms with E-state index >= 15 is 0 Å². The number of carbonyl (C=O) groups is 1. The summed E-state index contributed by atoms with van der Waals surface area (Å²) in [6, 6.07) is 23.8. The zero-order valence-electron chi connectivity index (χ0n) is 17.8. The molecule has 0 radical (unpaired) electrons. The van der Waals surface area contributed by atoms with Crippen LogP contribution in [0.4, 0.5) is 0 Å². The van der Waals surface area contributed by atoms with Gasteiger partial charge in [-0.1, -0.05) is 72.3 Å². The Morgan fingerprint density at radius 1 is 0.968 bits per heavy atom. The van der Waals surface area contributed by atoms with Crippen LogP contribution in [0.2, 0.25) is 0 Å². The molecule has 0 aromatic heterocycles. The van der Waals surface area contributed by atoms with E-state index in [4.69, 9.17) is 14.7 Å². The molecule has 0 saturated heterocycles. The quantitative estimate of drug-likeness (QED) is 0.348. The summed E-state index contributed by atoms with van der Waals surface area (Å²) >= 11 is 0. The SMILES string of the molecule is CC=C(NOCCOc1cccc(CC(=O)O)c1)c1ccc(-c2cccc(C)c2)cc1. The molecule has 0 bridgehead atoms. The molecule has 0 spiro atoms. The lowest BCUT2D eigenvalue weighted by Gasteiger charge is -2.13. The fourth-order valence-corrected chi connectivity index (χ4v) is 3.20. The lowest BCUT2D eigenvalue weighted by atomic mass is 10.0. The maximum absolute atomic E-state index is 10.8. The Morgan fingerprint density at radius 3 is 2.45 bits per heavy atom. The van der Waals surface area contributed by atoms with E-state index < -0.39 is 5.97 Å². The van der Waals surface area contributed by atoms with Gasteiger partial charge in [0.15, 0.2) is 0 Å². The Morgan fingerprint density at radius 2 is 1.74 bits per heavy atom. The molecular formula is C26H27NO4. The van der Waals surface area contributed by atoms with Gasteiger partial charge in [0.1, 0.15) is 19.0 Å². The molecule has 0 aliphatic rings. The highest BCUT2D eigenvalue weighted by Crippen LogP contribution is 2.22. The van der Waals surface area contributed by atoms with E-state index in [-0.39, 0.29) is 6.42 Å². The van der Waals surface area contributed by atoms with Crippen molar-refractivity contribution in [3.05, 3.63) is 95.6 Å². The van der Waals surface area contributed by atoms with E-state index in [9.17, 15) is 4.79 Å². The Bertz CT molecular complexity index is 1040. The lowest BCUT2D eigenvalue weighted by molar-refractivity contribution is -0.136. The van der Waals surface area contributed by atoms with Gasteiger partial charge in [-0.3, -0.25) is 15.1 Å². The third kappa shape index (κ3) is 6.73. The van der Waals surface area contributed by atoms with Crippen LogP contribution in [-0.2, 0) is 16.1 Å². The second-order valence-corrected chi connectivity index (χ2v) is 7.17. The number of aliphatic carboxylic acids is 1. The highest BCUT2D eigenvalue weighted by atomic mass is 16.7. The van der Waals surface area contributed by atoms with E-state index in [0.717, 1.165) is 11.3 Å². The first-order valence-corrected chi connectivity index (χ1v) is 10.2. The summed E-state index contributed by atoms with van der Waals surface area (Å²) < 4.78 is 5.65. The molecular weight excluding hydrogens is 390 g/mol. The molecule has 3 aromatic carbocycles. The van der Waals surface area contributed by atoms with E-state index in [1.807, 2.05) is 13.0 Å². The first-order valence-electron chi connectivity index (χ1n) is 10.2. The second-order valence-electron chi connectivity index (χ2n) is 7.17. The summed E-state index contributed by atoms with van der Waals surface area (Å²) in [5, 5.41) is 8.88. The van der Waals surface area contributed by atoms with Gasteiger partial charge in [0.05, 0.1) is 12.1 Å². The van der Waals surface area contributed by atoms with Crippen LogP contribution in [0.1, 0.15) is 23.6 Å². The first kappa shape index (κ1) is 22.1. The molecule has 31 heavy (non-hydrogen) atoms. The summed E-state index contributed by atoms with van der Waals surface area (Å²) in [6.07, 6.45) is 1.93. The number of ether oxygens (including phenoxy) is 1. The molecule has 3 aromatic rings. The number of carboxylic acids is 1. The average molecular weight is 418 g/mol. The van der Waals surface area contributed by atoms with Crippen LogP contribution < -0.4 is 10.2 Å². The molecule has 0 unspecified atom stereocenters. The zero-order valence-corrected chi connectivity index (χ0v) is 17.8. The molecule has 0 aliphatic carbocycles. The molecule has 0 aliphatic heterocycles. The van der Waals surface area contributed by atoms with Crippen LogP contribution >= 0.6 is 0 Å².